The van der Waals surface area contributed by atoms with E-state index in [0.29, 0.717) is 13.0 Å². The van der Waals surface area contributed by atoms with E-state index in [1.807, 2.05) is 0 Å². The normalized spacial score (nSPS) is 15.1. The quantitative estimate of drug-likeness (QED) is 0.657. The third-order valence-electron chi connectivity index (χ3n) is 2.58. The minimum absolute atomic E-state index is 0.0155. The molecule has 0 aliphatic carbocycles. The molecule has 90 valence electrons. The maximum absolute atomic E-state index is 11.6. The molecule has 1 aliphatic heterocycles. The average Bonchev–Trinajstić information content (AvgIpc) is 2.64. The Balaban J connectivity index is 2.39. The molecule has 0 unspecified atom stereocenters. The number of nitrogens with one attached hydrogen (secondary N) is 1. The standard InChI is InChI=1S/C10H17N3O3/c1-11-8(14)6-12(2)10(16)7-13-5-3-4-9(13)15/h3-7H2,1-2H3,(H,11,14). The summed E-state index contributed by atoms with van der Waals surface area (Å²) >= 11 is 0. The molecular formula is C10H17N3O3. The Morgan fingerprint density at radius 3 is 2.69 bits per heavy atom. The first-order valence-electron chi connectivity index (χ1n) is 5.27. The lowest BCUT2D eigenvalue weighted by Crippen LogP contribution is -2.42. The van der Waals surface area contributed by atoms with Gasteiger partial charge in [-0.2, -0.15) is 0 Å². The summed E-state index contributed by atoms with van der Waals surface area (Å²) < 4.78 is 0. The lowest BCUT2D eigenvalue weighted by atomic mass is 10.4. The predicted octanol–water partition coefficient (Wildman–Crippen LogP) is -1.19. The smallest absolute Gasteiger partial charge is 0.242 e. The van der Waals surface area contributed by atoms with Crippen LogP contribution in [0.2, 0.25) is 0 Å². The van der Waals surface area contributed by atoms with Crippen LogP contribution >= 0.6 is 0 Å². The van der Waals surface area contributed by atoms with E-state index in [-0.39, 0.29) is 30.8 Å². The molecule has 6 nitrogen and oxygen atoms in total. The number of likely N-dealkylation sites (N-methyl/N-ethyl adjacent to an activating group) is 2. The molecule has 0 aromatic carbocycles. The summed E-state index contributed by atoms with van der Waals surface area (Å²) in [5.74, 6) is -0.413. The van der Waals surface area contributed by atoms with E-state index in [1.165, 1.54) is 16.8 Å². The first-order chi connectivity index (χ1) is 7.54. The largest absolute Gasteiger partial charge is 0.358 e. The fourth-order valence-corrected chi connectivity index (χ4v) is 1.54. The average molecular weight is 227 g/mol. The number of rotatable bonds is 4. The van der Waals surface area contributed by atoms with Crippen molar-refractivity contribution in [2.24, 2.45) is 0 Å². The maximum Gasteiger partial charge on any atom is 0.242 e. The molecule has 1 heterocycles. The van der Waals surface area contributed by atoms with Crippen LogP contribution in [0.4, 0.5) is 0 Å². The van der Waals surface area contributed by atoms with Crippen LogP contribution in [0.25, 0.3) is 0 Å². The van der Waals surface area contributed by atoms with E-state index in [2.05, 4.69) is 5.32 Å². The Hall–Kier alpha value is -1.59. The summed E-state index contributed by atoms with van der Waals surface area (Å²) in [4.78, 5) is 36.8. The molecular weight excluding hydrogens is 210 g/mol. The molecule has 0 spiro atoms. The van der Waals surface area contributed by atoms with E-state index in [4.69, 9.17) is 0 Å². The van der Waals surface area contributed by atoms with Crippen LogP contribution in [0.5, 0.6) is 0 Å². The van der Waals surface area contributed by atoms with Crippen LogP contribution in [0.1, 0.15) is 12.8 Å². The van der Waals surface area contributed by atoms with Crippen molar-refractivity contribution in [2.45, 2.75) is 12.8 Å². The molecule has 1 rings (SSSR count). The molecule has 1 saturated heterocycles. The monoisotopic (exact) mass is 227 g/mol. The van der Waals surface area contributed by atoms with Gasteiger partial charge in [-0.3, -0.25) is 14.4 Å². The number of amides is 3. The lowest BCUT2D eigenvalue weighted by Gasteiger charge is -2.20. The van der Waals surface area contributed by atoms with Crippen molar-refractivity contribution in [3.8, 4) is 0 Å². The second-order valence-electron chi connectivity index (χ2n) is 3.84. The van der Waals surface area contributed by atoms with Gasteiger partial charge in [-0.25, -0.2) is 0 Å². The molecule has 0 bridgehead atoms. The minimum atomic E-state index is -0.219. The topological polar surface area (TPSA) is 69.7 Å². The third-order valence-corrected chi connectivity index (χ3v) is 2.58. The van der Waals surface area contributed by atoms with Crippen LogP contribution < -0.4 is 5.32 Å². The zero-order chi connectivity index (χ0) is 12.1. The second kappa shape index (κ2) is 5.48. The highest BCUT2D eigenvalue weighted by atomic mass is 16.2. The molecule has 1 fully saturated rings. The summed E-state index contributed by atoms with van der Waals surface area (Å²) in [6.45, 7) is 0.738. The molecule has 3 amide bonds. The summed E-state index contributed by atoms with van der Waals surface area (Å²) in [6.07, 6.45) is 1.33. The minimum Gasteiger partial charge on any atom is -0.358 e. The van der Waals surface area contributed by atoms with Crippen LogP contribution in [0.15, 0.2) is 0 Å². The number of carbonyl (C=O) groups excluding carboxylic acids is 3. The highest BCUT2D eigenvalue weighted by Crippen LogP contribution is 2.09. The molecule has 16 heavy (non-hydrogen) atoms. The summed E-state index contributed by atoms with van der Waals surface area (Å²) in [7, 11) is 3.07. The van der Waals surface area contributed by atoms with Crippen molar-refractivity contribution in [3.05, 3.63) is 0 Å². The van der Waals surface area contributed by atoms with Gasteiger partial charge in [-0.05, 0) is 6.42 Å². The first kappa shape index (κ1) is 12.5. The van der Waals surface area contributed by atoms with E-state index in [9.17, 15) is 14.4 Å². The van der Waals surface area contributed by atoms with Crippen LogP contribution in [-0.4, -0.2) is 61.3 Å². The molecule has 0 aromatic rings. The third kappa shape index (κ3) is 3.22. The van der Waals surface area contributed by atoms with E-state index in [1.54, 1.807) is 7.05 Å². The van der Waals surface area contributed by atoms with Crippen molar-refractivity contribution < 1.29 is 14.4 Å². The van der Waals surface area contributed by atoms with Gasteiger partial charge < -0.3 is 15.1 Å². The molecule has 0 radical (unpaired) electrons. The summed E-state index contributed by atoms with van der Waals surface area (Å²) in [6, 6.07) is 0. The zero-order valence-corrected chi connectivity index (χ0v) is 9.65. The summed E-state index contributed by atoms with van der Waals surface area (Å²) in [5.41, 5.74) is 0. The van der Waals surface area contributed by atoms with Gasteiger partial charge in [0, 0.05) is 27.1 Å². The van der Waals surface area contributed by atoms with Crippen molar-refractivity contribution in [3.63, 3.8) is 0 Å². The number of carbonyl (C=O) groups is 3. The number of hydrogen-bond donors (Lipinski definition) is 1. The van der Waals surface area contributed by atoms with Crippen molar-refractivity contribution in [1.82, 2.24) is 15.1 Å². The van der Waals surface area contributed by atoms with Crippen LogP contribution in [-0.2, 0) is 14.4 Å². The van der Waals surface area contributed by atoms with Crippen molar-refractivity contribution in [2.75, 3.05) is 33.7 Å². The maximum atomic E-state index is 11.6. The van der Waals surface area contributed by atoms with E-state index >= 15 is 0 Å². The first-order valence-corrected chi connectivity index (χ1v) is 5.27. The Labute approximate surface area is 94.6 Å². The molecule has 1 aliphatic rings. The van der Waals surface area contributed by atoms with Crippen LogP contribution in [0.3, 0.4) is 0 Å². The Bertz CT molecular complexity index is 304. The second-order valence-corrected chi connectivity index (χ2v) is 3.84. The van der Waals surface area contributed by atoms with Crippen molar-refractivity contribution in [1.29, 1.82) is 0 Å². The molecule has 0 saturated carbocycles. The molecule has 6 heteroatoms. The SMILES string of the molecule is CNC(=O)CN(C)C(=O)CN1CCCC1=O. The highest BCUT2D eigenvalue weighted by molar-refractivity contribution is 5.88. The Morgan fingerprint density at radius 1 is 1.50 bits per heavy atom. The Kier molecular flexibility index (Phi) is 4.28. The fraction of sp³-hybridized carbons (Fsp3) is 0.700. The molecule has 1 N–H and O–H groups in total. The number of nitrogens with zero attached hydrogens (tertiary/aromatic N) is 2. The van der Waals surface area contributed by atoms with Crippen LogP contribution in [0, 0.1) is 0 Å². The fourth-order valence-electron chi connectivity index (χ4n) is 1.54. The molecule has 0 atom stereocenters. The number of likely N-dealkylation sites (tertiary alicyclic amines) is 1. The van der Waals surface area contributed by atoms with Gasteiger partial charge in [0.15, 0.2) is 0 Å². The lowest BCUT2D eigenvalue weighted by molar-refractivity contribution is -0.139. The van der Waals surface area contributed by atoms with Gasteiger partial charge in [0.1, 0.15) is 0 Å². The Morgan fingerprint density at radius 2 is 2.19 bits per heavy atom. The summed E-state index contributed by atoms with van der Waals surface area (Å²) in [5, 5.41) is 2.44. The van der Waals surface area contributed by atoms with Gasteiger partial charge in [-0.1, -0.05) is 0 Å². The zero-order valence-electron chi connectivity index (χ0n) is 9.65. The van der Waals surface area contributed by atoms with E-state index in [0.717, 1.165) is 6.42 Å². The van der Waals surface area contributed by atoms with Gasteiger partial charge in [0.2, 0.25) is 17.7 Å². The number of hydrogen-bond acceptors (Lipinski definition) is 3. The highest BCUT2D eigenvalue weighted by Gasteiger charge is 2.24. The molecule has 0 aromatic heterocycles. The van der Waals surface area contributed by atoms with Gasteiger partial charge in [0.25, 0.3) is 0 Å². The van der Waals surface area contributed by atoms with Gasteiger partial charge >= 0.3 is 0 Å². The van der Waals surface area contributed by atoms with Gasteiger partial charge in [-0.15, -0.1) is 0 Å². The predicted molar refractivity (Wildman–Crippen MR) is 57.5 cm³/mol. The van der Waals surface area contributed by atoms with Gasteiger partial charge in [0.05, 0.1) is 13.1 Å². The van der Waals surface area contributed by atoms with Crippen molar-refractivity contribution >= 4 is 17.7 Å². The van der Waals surface area contributed by atoms with E-state index < -0.39 is 0 Å².